The minimum atomic E-state index is -0.0127. The average molecular weight is 284 g/mol. The molecular formula is C17H20N2O2. The van der Waals surface area contributed by atoms with Crippen LogP contribution in [0.25, 0.3) is 10.8 Å². The van der Waals surface area contributed by atoms with Crippen molar-refractivity contribution in [3.63, 3.8) is 0 Å². The molecule has 1 aliphatic carbocycles. The fourth-order valence-electron chi connectivity index (χ4n) is 3.10. The van der Waals surface area contributed by atoms with E-state index < -0.39 is 0 Å². The third-order valence-corrected chi connectivity index (χ3v) is 4.24. The van der Waals surface area contributed by atoms with Gasteiger partial charge in [0.25, 0.3) is 0 Å². The lowest BCUT2D eigenvalue weighted by molar-refractivity contribution is -0.120. The molecule has 4 nitrogen and oxygen atoms in total. The molecule has 4 N–H and O–H groups in total. The molecule has 0 aromatic heterocycles. The van der Waals surface area contributed by atoms with Gasteiger partial charge in [-0.3, -0.25) is 4.79 Å². The van der Waals surface area contributed by atoms with Crippen LogP contribution in [0.3, 0.4) is 0 Å². The Hall–Kier alpha value is -2.07. The number of hydrogen-bond acceptors (Lipinski definition) is 3. The number of amides is 1. The highest BCUT2D eigenvalue weighted by molar-refractivity contribution is 6.04. The van der Waals surface area contributed by atoms with Gasteiger partial charge < -0.3 is 16.2 Å². The molecule has 3 rings (SSSR count). The first-order valence-electron chi connectivity index (χ1n) is 7.42. The average Bonchev–Trinajstić information content (AvgIpc) is 2.48. The minimum absolute atomic E-state index is 0.0127. The largest absolute Gasteiger partial charge is 0.507 e. The summed E-state index contributed by atoms with van der Waals surface area (Å²) in [5.41, 5.74) is 6.70. The van der Waals surface area contributed by atoms with Gasteiger partial charge in [0, 0.05) is 28.4 Å². The maximum atomic E-state index is 12.4. The summed E-state index contributed by atoms with van der Waals surface area (Å²) in [7, 11) is 0. The third-order valence-electron chi connectivity index (χ3n) is 4.24. The second-order valence-corrected chi connectivity index (χ2v) is 5.79. The molecule has 1 amide bonds. The Labute approximate surface area is 124 Å². The Kier molecular flexibility index (Phi) is 3.80. The second-order valence-electron chi connectivity index (χ2n) is 5.79. The first-order chi connectivity index (χ1) is 10.1. The minimum Gasteiger partial charge on any atom is -0.507 e. The number of nitrogens with one attached hydrogen (secondary N) is 1. The lowest BCUT2D eigenvalue weighted by atomic mass is 9.85. The number of anilines is 1. The summed E-state index contributed by atoms with van der Waals surface area (Å²) in [6.07, 6.45) is 3.67. The molecule has 2 atom stereocenters. The van der Waals surface area contributed by atoms with Gasteiger partial charge in [0.05, 0.1) is 0 Å². The molecule has 0 bridgehead atoms. The van der Waals surface area contributed by atoms with Crippen molar-refractivity contribution in [1.82, 2.24) is 0 Å². The van der Waals surface area contributed by atoms with E-state index >= 15 is 0 Å². The molecule has 4 heteroatoms. The molecule has 0 saturated heterocycles. The molecule has 1 fully saturated rings. The van der Waals surface area contributed by atoms with Crippen molar-refractivity contribution >= 4 is 22.4 Å². The fraction of sp³-hybridized carbons (Fsp3) is 0.353. The van der Waals surface area contributed by atoms with E-state index in [4.69, 9.17) is 5.73 Å². The van der Waals surface area contributed by atoms with Crippen molar-refractivity contribution < 1.29 is 9.90 Å². The van der Waals surface area contributed by atoms with Gasteiger partial charge >= 0.3 is 0 Å². The smallest absolute Gasteiger partial charge is 0.227 e. The second kappa shape index (κ2) is 5.74. The van der Waals surface area contributed by atoms with Crippen LogP contribution in [0.1, 0.15) is 25.7 Å². The number of rotatable bonds is 2. The molecule has 1 aliphatic rings. The maximum absolute atomic E-state index is 12.4. The van der Waals surface area contributed by atoms with Crippen molar-refractivity contribution in [2.75, 3.05) is 5.32 Å². The van der Waals surface area contributed by atoms with E-state index in [0.29, 0.717) is 0 Å². The van der Waals surface area contributed by atoms with Crippen LogP contribution in [0.2, 0.25) is 0 Å². The van der Waals surface area contributed by atoms with Gasteiger partial charge in [0.15, 0.2) is 0 Å². The van der Waals surface area contributed by atoms with Gasteiger partial charge in [0.1, 0.15) is 5.75 Å². The van der Waals surface area contributed by atoms with E-state index in [0.717, 1.165) is 42.1 Å². The lowest BCUT2D eigenvalue weighted by Gasteiger charge is -2.25. The topological polar surface area (TPSA) is 75.4 Å². The number of carbonyl (C=O) groups excluding carboxylic acids is 1. The van der Waals surface area contributed by atoms with Gasteiger partial charge in [-0.1, -0.05) is 30.7 Å². The molecular weight excluding hydrogens is 264 g/mol. The Bertz CT molecular complexity index is 669. The highest BCUT2D eigenvalue weighted by Crippen LogP contribution is 2.31. The zero-order valence-electron chi connectivity index (χ0n) is 11.9. The summed E-state index contributed by atoms with van der Waals surface area (Å²) < 4.78 is 0. The number of phenols is 1. The SMILES string of the molecule is NC1CCCC(C(=O)Nc2cccc3c(O)cccc23)C1. The summed E-state index contributed by atoms with van der Waals surface area (Å²) in [6.45, 7) is 0. The Balaban J connectivity index is 1.85. The van der Waals surface area contributed by atoms with Crippen molar-refractivity contribution in [2.45, 2.75) is 31.7 Å². The van der Waals surface area contributed by atoms with Crippen molar-refractivity contribution in [3.05, 3.63) is 36.4 Å². The van der Waals surface area contributed by atoms with Crippen molar-refractivity contribution in [2.24, 2.45) is 11.7 Å². The number of carbonyl (C=O) groups is 1. The fourth-order valence-corrected chi connectivity index (χ4v) is 3.10. The standard InChI is InChI=1S/C17H20N2O2/c18-12-5-1-4-11(10-12)17(21)19-15-8-2-7-14-13(15)6-3-9-16(14)20/h2-3,6-9,11-12,20H,1,4-5,10,18H2,(H,19,21). The van der Waals surface area contributed by atoms with E-state index in [2.05, 4.69) is 5.32 Å². The third kappa shape index (κ3) is 2.85. The first kappa shape index (κ1) is 13.9. The van der Waals surface area contributed by atoms with Crippen LogP contribution >= 0.6 is 0 Å². The van der Waals surface area contributed by atoms with Crippen LogP contribution in [0.5, 0.6) is 5.75 Å². The van der Waals surface area contributed by atoms with Crippen LogP contribution in [0.4, 0.5) is 5.69 Å². The van der Waals surface area contributed by atoms with Gasteiger partial charge in [-0.15, -0.1) is 0 Å². The summed E-state index contributed by atoms with van der Waals surface area (Å²) in [6, 6.07) is 11.0. The van der Waals surface area contributed by atoms with E-state index in [-0.39, 0.29) is 23.6 Å². The van der Waals surface area contributed by atoms with E-state index in [1.807, 2.05) is 24.3 Å². The van der Waals surface area contributed by atoms with E-state index in [1.54, 1.807) is 12.1 Å². The quantitative estimate of drug-likeness (QED) is 0.793. The van der Waals surface area contributed by atoms with Crippen LogP contribution in [-0.4, -0.2) is 17.1 Å². The highest BCUT2D eigenvalue weighted by atomic mass is 16.3. The van der Waals surface area contributed by atoms with Gasteiger partial charge in [-0.25, -0.2) is 0 Å². The van der Waals surface area contributed by atoms with Crippen LogP contribution < -0.4 is 11.1 Å². The molecule has 110 valence electrons. The Morgan fingerprint density at radius 3 is 2.71 bits per heavy atom. The first-order valence-corrected chi connectivity index (χ1v) is 7.42. The normalized spacial score (nSPS) is 22.1. The molecule has 21 heavy (non-hydrogen) atoms. The summed E-state index contributed by atoms with van der Waals surface area (Å²) >= 11 is 0. The summed E-state index contributed by atoms with van der Waals surface area (Å²) in [4.78, 5) is 12.4. The van der Waals surface area contributed by atoms with Gasteiger partial charge in [-0.05, 0) is 31.4 Å². The zero-order chi connectivity index (χ0) is 14.8. The molecule has 1 saturated carbocycles. The number of fused-ring (bicyclic) bond motifs is 1. The highest BCUT2D eigenvalue weighted by Gasteiger charge is 2.25. The number of nitrogens with two attached hydrogens (primary N) is 1. The summed E-state index contributed by atoms with van der Waals surface area (Å²) in [5.74, 6) is 0.241. The molecule has 2 unspecified atom stereocenters. The molecule has 0 radical (unpaired) electrons. The maximum Gasteiger partial charge on any atom is 0.227 e. The van der Waals surface area contributed by atoms with Crippen LogP contribution in [0.15, 0.2) is 36.4 Å². The van der Waals surface area contributed by atoms with Gasteiger partial charge in [0.2, 0.25) is 5.91 Å². The van der Waals surface area contributed by atoms with Crippen LogP contribution in [0, 0.1) is 5.92 Å². The van der Waals surface area contributed by atoms with Crippen LogP contribution in [-0.2, 0) is 4.79 Å². The van der Waals surface area contributed by atoms with Crippen molar-refractivity contribution in [3.8, 4) is 5.75 Å². The van der Waals surface area contributed by atoms with Crippen molar-refractivity contribution in [1.29, 1.82) is 0 Å². The van der Waals surface area contributed by atoms with E-state index in [9.17, 15) is 9.90 Å². The van der Waals surface area contributed by atoms with E-state index in [1.165, 1.54) is 0 Å². The lowest BCUT2D eigenvalue weighted by Crippen LogP contribution is -2.34. The number of phenolic OH excluding ortho intramolecular Hbond substituents is 1. The van der Waals surface area contributed by atoms with Gasteiger partial charge in [-0.2, -0.15) is 0 Å². The monoisotopic (exact) mass is 284 g/mol. The molecule has 2 aromatic carbocycles. The summed E-state index contributed by atoms with van der Waals surface area (Å²) in [5, 5.41) is 14.5. The predicted octanol–water partition coefficient (Wildman–Crippen LogP) is 3.00. The molecule has 2 aromatic rings. The Morgan fingerprint density at radius 1 is 1.14 bits per heavy atom. The Morgan fingerprint density at radius 2 is 1.90 bits per heavy atom. The number of benzene rings is 2. The predicted molar refractivity (Wildman–Crippen MR) is 84.2 cm³/mol. The molecule has 0 aliphatic heterocycles. The zero-order valence-corrected chi connectivity index (χ0v) is 11.9. The molecule has 0 spiro atoms. The number of hydrogen-bond donors (Lipinski definition) is 3. The number of aromatic hydroxyl groups is 1. The molecule has 0 heterocycles.